The molecular weight excluding hydrogens is 202 g/mol. The molecule has 2 heterocycles. The molecule has 0 unspecified atom stereocenters. The summed E-state index contributed by atoms with van der Waals surface area (Å²) in [6.45, 7) is 0.802. The van der Waals surface area contributed by atoms with Crippen LogP contribution in [0.4, 0.5) is 5.82 Å². The van der Waals surface area contributed by atoms with E-state index in [0.29, 0.717) is 6.04 Å². The van der Waals surface area contributed by atoms with Crippen molar-refractivity contribution in [1.29, 1.82) is 0 Å². The third-order valence-corrected chi connectivity index (χ3v) is 2.79. The van der Waals surface area contributed by atoms with Gasteiger partial charge in [0, 0.05) is 13.1 Å². The van der Waals surface area contributed by atoms with Gasteiger partial charge in [0.1, 0.15) is 11.6 Å². The Labute approximate surface area is 93.7 Å². The van der Waals surface area contributed by atoms with E-state index in [-0.39, 0.29) is 0 Å². The van der Waals surface area contributed by atoms with Crippen LogP contribution in [0.3, 0.4) is 0 Å². The summed E-state index contributed by atoms with van der Waals surface area (Å²) in [4.78, 5) is 12.1. The van der Waals surface area contributed by atoms with E-state index in [1.54, 1.807) is 0 Å². The summed E-state index contributed by atoms with van der Waals surface area (Å²) in [6, 6.07) is 4.65. The average molecular weight is 217 g/mol. The second-order valence-electron chi connectivity index (χ2n) is 4.16. The van der Waals surface area contributed by atoms with Crippen molar-refractivity contribution in [3.8, 4) is 0 Å². The largest absolute Gasteiger partial charge is 0.373 e. The van der Waals surface area contributed by atoms with E-state index in [9.17, 15) is 0 Å². The highest BCUT2D eigenvalue weighted by Crippen LogP contribution is 2.19. The molecule has 84 valence electrons. The molecule has 0 aromatic carbocycles. The Morgan fingerprint density at radius 1 is 1.38 bits per heavy atom. The fourth-order valence-corrected chi connectivity index (χ4v) is 1.69. The van der Waals surface area contributed by atoms with Crippen LogP contribution >= 0.6 is 0 Å². The summed E-state index contributed by atoms with van der Waals surface area (Å²) < 4.78 is 0. The maximum atomic E-state index is 4.45. The number of aromatic nitrogens is 3. The zero-order chi connectivity index (χ0) is 11.0. The number of aromatic amines is 1. The lowest BCUT2D eigenvalue weighted by Crippen LogP contribution is -2.16. The van der Waals surface area contributed by atoms with Crippen LogP contribution in [0.15, 0.2) is 12.1 Å². The summed E-state index contributed by atoms with van der Waals surface area (Å²) in [6.07, 6.45) is 2.59. The van der Waals surface area contributed by atoms with Crippen LogP contribution in [0.25, 0.3) is 11.2 Å². The fraction of sp³-hybridized carbons (Fsp3) is 0.455. The third-order valence-electron chi connectivity index (χ3n) is 2.79. The highest BCUT2D eigenvalue weighted by molar-refractivity contribution is 5.72. The molecule has 0 aliphatic heterocycles. The van der Waals surface area contributed by atoms with Gasteiger partial charge in [0.2, 0.25) is 0 Å². The predicted molar refractivity (Wildman–Crippen MR) is 63.3 cm³/mol. The number of anilines is 1. The first-order valence-corrected chi connectivity index (χ1v) is 5.62. The Balaban J connectivity index is 1.83. The van der Waals surface area contributed by atoms with E-state index in [4.69, 9.17) is 0 Å². The smallest absolute Gasteiger partial charge is 0.179 e. The zero-order valence-electron chi connectivity index (χ0n) is 9.25. The number of nitrogens with zero attached hydrogens (tertiary/aromatic N) is 2. The second-order valence-corrected chi connectivity index (χ2v) is 4.16. The Bertz CT molecular complexity index is 500. The van der Waals surface area contributed by atoms with Crippen molar-refractivity contribution in [3.05, 3.63) is 18.0 Å². The maximum absolute atomic E-state index is 4.45. The van der Waals surface area contributed by atoms with Gasteiger partial charge >= 0.3 is 0 Å². The van der Waals surface area contributed by atoms with Gasteiger partial charge in [-0.2, -0.15) is 0 Å². The van der Waals surface area contributed by atoms with Gasteiger partial charge in [-0.1, -0.05) is 0 Å². The minimum Gasteiger partial charge on any atom is -0.373 e. The molecule has 2 aromatic heterocycles. The van der Waals surface area contributed by atoms with Gasteiger partial charge in [-0.3, -0.25) is 0 Å². The third kappa shape index (κ3) is 1.86. The van der Waals surface area contributed by atoms with Crippen molar-refractivity contribution in [2.45, 2.75) is 25.4 Å². The Morgan fingerprint density at radius 3 is 3.00 bits per heavy atom. The van der Waals surface area contributed by atoms with Crippen molar-refractivity contribution in [1.82, 2.24) is 20.3 Å². The Hall–Kier alpha value is -1.62. The SMILES string of the molecule is CNc1ccc2[nH]c(CNC3CC3)nc2n1. The molecule has 0 spiro atoms. The van der Waals surface area contributed by atoms with Crippen LogP contribution in [0.1, 0.15) is 18.7 Å². The van der Waals surface area contributed by atoms with E-state index < -0.39 is 0 Å². The molecule has 0 bridgehead atoms. The molecule has 0 saturated heterocycles. The van der Waals surface area contributed by atoms with Crippen molar-refractivity contribution >= 4 is 17.0 Å². The first-order chi connectivity index (χ1) is 7.85. The highest BCUT2D eigenvalue weighted by atomic mass is 15.1. The van der Waals surface area contributed by atoms with E-state index in [0.717, 1.165) is 29.4 Å². The first-order valence-electron chi connectivity index (χ1n) is 5.62. The van der Waals surface area contributed by atoms with Gasteiger partial charge in [-0.05, 0) is 25.0 Å². The van der Waals surface area contributed by atoms with Gasteiger partial charge in [0.25, 0.3) is 0 Å². The molecule has 3 N–H and O–H groups in total. The lowest BCUT2D eigenvalue weighted by molar-refractivity contribution is 0.665. The summed E-state index contributed by atoms with van der Waals surface area (Å²) in [5.41, 5.74) is 1.77. The van der Waals surface area contributed by atoms with E-state index in [1.807, 2.05) is 19.2 Å². The summed E-state index contributed by atoms with van der Waals surface area (Å²) in [5, 5.41) is 6.43. The van der Waals surface area contributed by atoms with Crippen LogP contribution < -0.4 is 10.6 Å². The van der Waals surface area contributed by atoms with Gasteiger partial charge in [0.15, 0.2) is 5.65 Å². The predicted octanol–water partition coefficient (Wildman–Crippen LogP) is 1.25. The van der Waals surface area contributed by atoms with Crippen LogP contribution in [-0.4, -0.2) is 28.0 Å². The summed E-state index contributed by atoms with van der Waals surface area (Å²) >= 11 is 0. The zero-order valence-corrected chi connectivity index (χ0v) is 9.25. The lowest BCUT2D eigenvalue weighted by Gasteiger charge is -1.96. The summed E-state index contributed by atoms with van der Waals surface area (Å²) in [5.74, 6) is 1.81. The minimum atomic E-state index is 0.703. The number of nitrogens with one attached hydrogen (secondary N) is 3. The molecule has 0 atom stereocenters. The van der Waals surface area contributed by atoms with E-state index >= 15 is 0 Å². The number of hydrogen-bond donors (Lipinski definition) is 3. The Kier molecular flexibility index (Phi) is 2.25. The molecule has 1 saturated carbocycles. The van der Waals surface area contributed by atoms with Crippen LogP contribution in [-0.2, 0) is 6.54 Å². The molecular formula is C11H15N5. The maximum Gasteiger partial charge on any atom is 0.179 e. The van der Waals surface area contributed by atoms with Crippen LogP contribution in [0, 0.1) is 0 Å². The van der Waals surface area contributed by atoms with Crippen molar-refractivity contribution in [2.24, 2.45) is 0 Å². The van der Waals surface area contributed by atoms with Crippen LogP contribution in [0.5, 0.6) is 0 Å². The number of hydrogen-bond acceptors (Lipinski definition) is 4. The Morgan fingerprint density at radius 2 is 2.25 bits per heavy atom. The average Bonchev–Trinajstić information content (AvgIpc) is 3.04. The van der Waals surface area contributed by atoms with Crippen molar-refractivity contribution < 1.29 is 0 Å². The number of imidazole rings is 1. The van der Waals surface area contributed by atoms with Crippen LogP contribution in [0.2, 0.25) is 0 Å². The minimum absolute atomic E-state index is 0.703. The molecule has 1 fully saturated rings. The van der Waals surface area contributed by atoms with Gasteiger partial charge < -0.3 is 15.6 Å². The number of rotatable bonds is 4. The monoisotopic (exact) mass is 217 g/mol. The van der Waals surface area contributed by atoms with E-state index in [2.05, 4.69) is 25.6 Å². The summed E-state index contributed by atoms with van der Waals surface area (Å²) in [7, 11) is 1.86. The van der Waals surface area contributed by atoms with Gasteiger partial charge in [-0.15, -0.1) is 0 Å². The normalized spacial score (nSPS) is 15.6. The highest BCUT2D eigenvalue weighted by Gasteiger charge is 2.20. The fourth-order valence-electron chi connectivity index (χ4n) is 1.69. The van der Waals surface area contributed by atoms with E-state index in [1.165, 1.54) is 12.8 Å². The van der Waals surface area contributed by atoms with Gasteiger partial charge in [0.05, 0.1) is 12.1 Å². The first kappa shape index (κ1) is 9.59. The number of H-pyrrole nitrogens is 1. The molecule has 0 amide bonds. The molecule has 1 aliphatic rings. The standard InChI is InChI=1S/C11H15N5/c1-12-9-5-4-8-11(15-9)16-10(14-8)6-13-7-2-3-7/h4-5,7,13H,2-3,6H2,1H3,(H2,12,14,15,16). The molecule has 16 heavy (non-hydrogen) atoms. The van der Waals surface area contributed by atoms with Crippen molar-refractivity contribution in [3.63, 3.8) is 0 Å². The molecule has 5 nitrogen and oxygen atoms in total. The molecule has 3 rings (SSSR count). The molecule has 5 heteroatoms. The molecule has 0 radical (unpaired) electrons. The molecule has 1 aliphatic carbocycles. The topological polar surface area (TPSA) is 65.6 Å². The number of pyridine rings is 1. The lowest BCUT2D eigenvalue weighted by atomic mass is 10.4. The molecule has 2 aromatic rings. The number of fused-ring (bicyclic) bond motifs is 1. The van der Waals surface area contributed by atoms with Gasteiger partial charge in [-0.25, -0.2) is 9.97 Å². The quantitative estimate of drug-likeness (QED) is 0.721. The van der Waals surface area contributed by atoms with Crippen molar-refractivity contribution in [2.75, 3.05) is 12.4 Å². The second kappa shape index (κ2) is 3.75.